The third-order valence-corrected chi connectivity index (χ3v) is 4.73. The van der Waals surface area contributed by atoms with Gasteiger partial charge in [-0.15, -0.1) is 0 Å². The van der Waals surface area contributed by atoms with Crippen molar-refractivity contribution in [2.24, 2.45) is 0 Å². The van der Waals surface area contributed by atoms with Crippen LogP contribution in [0.3, 0.4) is 0 Å². The lowest BCUT2D eigenvalue weighted by molar-refractivity contribution is -0.384. The smallest absolute Gasteiger partial charge is 0.375 e. The quantitative estimate of drug-likeness (QED) is 0.355. The van der Waals surface area contributed by atoms with E-state index in [0.29, 0.717) is 22.8 Å². The Balaban J connectivity index is 1.84. The van der Waals surface area contributed by atoms with Crippen LogP contribution in [0.5, 0.6) is 0 Å². The van der Waals surface area contributed by atoms with Crippen molar-refractivity contribution >= 4 is 34.6 Å². The molecular formula is C20H14ClF3N4O4. The molecule has 0 bridgehead atoms. The minimum atomic E-state index is -4.74. The molecule has 0 aliphatic carbocycles. The number of hydrogen-bond acceptors (Lipinski definition) is 5. The highest BCUT2D eigenvalue weighted by Crippen LogP contribution is 2.30. The number of aromatic nitrogens is 1. The normalized spacial score (nSPS) is 11.1. The predicted molar refractivity (Wildman–Crippen MR) is 112 cm³/mol. The molecule has 0 aliphatic heterocycles. The van der Waals surface area contributed by atoms with Crippen molar-refractivity contribution < 1.29 is 22.9 Å². The van der Waals surface area contributed by atoms with E-state index in [0.717, 1.165) is 6.07 Å². The van der Waals surface area contributed by atoms with Crippen molar-refractivity contribution in [1.82, 2.24) is 4.98 Å². The maximum atomic E-state index is 12.8. The van der Waals surface area contributed by atoms with Crippen LogP contribution in [0.1, 0.15) is 21.5 Å². The number of halogens is 4. The van der Waals surface area contributed by atoms with E-state index in [1.165, 1.54) is 12.1 Å². The molecule has 0 aliphatic rings. The number of nitrogens with zero attached hydrogens (tertiary/aromatic N) is 1. The van der Waals surface area contributed by atoms with E-state index in [9.17, 15) is 32.9 Å². The average Bonchev–Trinajstić information content (AvgIpc) is 2.73. The molecule has 0 saturated carbocycles. The van der Waals surface area contributed by atoms with Gasteiger partial charge in [0, 0.05) is 29.4 Å². The van der Waals surface area contributed by atoms with Gasteiger partial charge in [0.1, 0.15) is 11.4 Å². The number of nitrogens with one attached hydrogen (secondary N) is 3. The summed E-state index contributed by atoms with van der Waals surface area (Å²) in [6, 6.07) is 10.8. The summed E-state index contributed by atoms with van der Waals surface area (Å²) in [7, 11) is 0. The number of carbonyl (C=O) groups excluding carboxylic acids is 1. The summed E-state index contributed by atoms with van der Waals surface area (Å²) in [6.07, 6.45) is -4.26. The molecule has 1 heterocycles. The number of aromatic amines is 1. The molecule has 0 saturated heterocycles. The molecule has 32 heavy (non-hydrogen) atoms. The number of H-pyrrole nitrogens is 1. The SMILES string of the molecule is O=C(Nc1cc(C(F)(F)F)c[nH]c1=O)c1ccc(NCc2ccccc2Cl)c([N+](=O)[O-])c1. The summed E-state index contributed by atoms with van der Waals surface area (Å²) in [5, 5.41) is 16.8. The zero-order valence-corrected chi connectivity index (χ0v) is 16.8. The first-order valence-corrected chi connectivity index (χ1v) is 9.31. The fraction of sp³-hybridized carbons (Fsp3) is 0.100. The lowest BCUT2D eigenvalue weighted by Crippen LogP contribution is -2.21. The summed E-state index contributed by atoms with van der Waals surface area (Å²) >= 11 is 6.06. The van der Waals surface area contributed by atoms with Crippen molar-refractivity contribution in [3.63, 3.8) is 0 Å². The van der Waals surface area contributed by atoms with Gasteiger partial charge in [-0.1, -0.05) is 29.8 Å². The van der Waals surface area contributed by atoms with E-state index in [-0.39, 0.29) is 17.8 Å². The van der Waals surface area contributed by atoms with Crippen LogP contribution in [-0.2, 0) is 12.7 Å². The number of anilines is 2. The number of amides is 1. The minimum Gasteiger partial charge on any atom is -0.375 e. The number of nitro groups is 1. The Morgan fingerprint density at radius 1 is 1.12 bits per heavy atom. The molecule has 0 unspecified atom stereocenters. The molecule has 0 spiro atoms. The highest BCUT2D eigenvalue weighted by Gasteiger charge is 2.31. The standard InChI is InChI=1S/C20H14ClF3N4O4/c21-14-4-2-1-3-12(14)9-25-15-6-5-11(7-17(15)28(31)32)18(29)27-16-8-13(20(22,23)24)10-26-19(16)30/h1-8,10,25H,9H2,(H,26,30)(H,27,29). The van der Waals surface area contributed by atoms with Gasteiger partial charge >= 0.3 is 6.18 Å². The van der Waals surface area contributed by atoms with Gasteiger partial charge in [-0.3, -0.25) is 19.7 Å². The number of benzene rings is 2. The molecule has 1 amide bonds. The monoisotopic (exact) mass is 466 g/mol. The van der Waals surface area contributed by atoms with Gasteiger partial charge in [-0.25, -0.2) is 0 Å². The number of hydrogen-bond donors (Lipinski definition) is 3. The maximum absolute atomic E-state index is 12.8. The summed E-state index contributed by atoms with van der Waals surface area (Å²) in [5.41, 5.74) is -2.65. The topological polar surface area (TPSA) is 117 Å². The second kappa shape index (κ2) is 9.10. The molecule has 8 nitrogen and oxygen atoms in total. The summed E-state index contributed by atoms with van der Waals surface area (Å²) < 4.78 is 38.5. The van der Waals surface area contributed by atoms with Gasteiger partial charge < -0.3 is 15.6 Å². The van der Waals surface area contributed by atoms with Crippen LogP contribution in [0.15, 0.2) is 59.5 Å². The Kier molecular flexibility index (Phi) is 6.49. The highest BCUT2D eigenvalue weighted by molar-refractivity contribution is 6.31. The van der Waals surface area contributed by atoms with Gasteiger partial charge in [-0.05, 0) is 29.8 Å². The molecule has 3 rings (SSSR count). The van der Waals surface area contributed by atoms with Crippen molar-refractivity contribution in [2.75, 3.05) is 10.6 Å². The van der Waals surface area contributed by atoms with E-state index in [4.69, 9.17) is 11.6 Å². The van der Waals surface area contributed by atoms with Crippen LogP contribution < -0.4 is 16.2 Å². The van der Waals surface area contributed by atoms with Gasteiger partial charge in [0.15, 0.2) is 0 Å². The van der Waals surface area contributed by atoms with Crippen LogP contribution in [0.4, 0.5) is 30.2 Å². The zero-order chi connectivity index (χ0) is 23.5. The summed E-state index contributed by atoms with van der Waals surface area (Å²) in [4.78, 5) is 36.8. The molecule has 3 aromatic rings. The van der Waals surface area contributed by atoms with Gasteiger partial charge in [0.25, 0.3) is 17.2 Å². The Labute approximate surface area is 183 Å². The predicted octanol–water partition coefficient (Wildman–Crippen LogP) is 4.82. The first-order chi connectivity index (χ1) is 15.1. The van der Waals surface area contributed by atoms with E-state index in [1.807, 2.05) is 10.3 Å². The van der Waals surface area contributed by atoms with Crippen LogP contribution in [0.25, 0.3) is 0 Å². The molecule has 0 atom stereocenters. The van der Waals surface area contributed by atoms with Gasteiger partial charge in [-0.2, -0.15) is 13.2 Å². The van der Waals surface area contributed by atoms with Crippen LogP contribution in [0.2, 0.25) is 5.02 Å². The van der Waals surface area contributed by atoms with Crippen molar-refractivity contribution in [3.8, 4) is 0 Å². The Bertz CT molecular complexity index is 1240. The summed E-state index contributed by atoms with van der Waals surface area (Å²) in [6.45, 7) is 0.172. The zero-order valence-electron chi connectivity index (χ0n) is 16.0. The number of pyridine rings is 1. The molecule has 12 heteroatoms. The number of carbonyl (C=O) groups is 1. The van der Waals surface area contributed by atoms with E-state index in [2.05, 4.69) is 5.32 Å². The Morgan fingerprint density at radius 3 is 2.50 bits per heavy atom. The van der Waals surface area contributed by atoms with Crippen LogP contribution in [0, 0.1) is 10.1 Å². The van der Waals surface area contributed by atoms with Gasteiger partial charge in [0.05, 0.1) is 10.5 Å². The second-order valence-corrected chi connectivity index (χ2v) is 6.92. The number of rotatable bonds is 6. The number of nitro benzene ring substituents is 1. The molecule has 2 aromatic carbocycles. The molecule has 0 fully saturated rings. The average molecular weight is 467 g/mol. The molecule has 3 N–H and O–H groups in total. The third-order valence-electron chi connectivity index (χ3n) is 4.36. The van der Waals surface area contributed by atoms with Crippen LogP contribution in [-0.4, -0.2) is 15.8 Å². The van der Waals surface area contributed by atoms with Crippen LogP contribution >= 0.6 is 11.6 Å². The van der Waals surface area contributed by atoms with E-state index in [1.54, 1.807) is 24.3 Å². The molecule has 166 valence electrons. The maximum Gasteiger partial charge on any atom is 0.417 e. The van der Waals surface area contributed by atoms with Crippen molar-refractivity contribution in [2.45, 2.75) is 12.7 Å². The first kappa shape index (κ1) is 22.8. The molecular weight excluding hydrogens is 453 g/mol. The molecule has 1 aromatic heterocycles. The van der Waals surface area contributed by atoms with E-state index < -0.39 is 39.5 Å². The lowest BCUT2D eigenvalue weighted by atomic mass is 10.1. The third kappa shape index (κ3) is 5.24. The second-order valence-electron chi connectivity index (χ2n) is 6.52. The Hall–Kier alpha value is -3.86. The summed E-state index contributed by atoms with van der Waals surface area (Å²) in [5.74, 6) is -0.990. The highest BCUT2D eigenvalue weighted by atomic mass is 35.5. The fourth-order valence-corrected chi connectivity index (χ4v) is 2.94. The minimum absolute atomic E-state index is 0.100. The van der Waals surface area contributed by atoms with Crippen molar-refractivity contribution in [3.05, 3.63) is 96.9 Å². The van der Waals surface area contributed by atoms with Gasteiger partial charge in [0.2, 0.25) is 0 Å². The van der Waals surface area contributed by atoms with E-state index >= 15 is 0 Å². The van der Waals surface area contributed by atoms with Crippen molar-refractivity contribution in [1.29, 1.82) is 0 Å². The Morgan fingerprint density at radius 2 is 1.84 bits per heavy atom. The first-order valence-electron chi connectivity index (χ1n) is 8.93. The molecule has 0 radical (unpaired) electrons. The lowest BCUT2D eigenvalue weighted by Gasteiger charge is -2.11. The number of alkyl halides is 3. The largest absolute Gasteiger partial charge is 0.417 e. The fourth-order valence-electron chi connectivity index (χ4n) is 2.74.